The first-order valence-corrected chi connectivity index (χ1v) is 7.08. The lowest BCUT2D eigenvalue weighted by molar-refractivity contribution is 0.625. The molecule has 0 aliphatic rings. The molecule has 0 radical (unpaired) electrons. The maximum atomic E-state index is 13.1. The van der Waals surface area contributed by atoms with E-state index in [0.29, 0.717) is 13.1 Å². The van der Waals surface area contributed by atoms with Crippen molar-refractivity contribution in [3.05, 3.63) is 71.5 Å². The highest BCUT2D eigenvalue weighted by atomic mass is 127. The Hall–Kier alpha value is -1.63. The number of aliphatic imine (C=N–C) groups is 1. The molecule has 0 spiro atoms. The third-order valence-corrected chi connectivity index (χ3v) is 2.96. The molecule has 0 saturated heterocycles. The van der Waals surface area contributed by atoms with Crippen molar-refractivity contribution in [2.24, 2.45) is 4.99 Å². The van der Waals surface area contributed by atoms with Crippen LogP contribution in [0.3, 0.4) is 0 Å². The molecule has 5 heteroatoms. The van der Waals surface area contributed by atoms with Crippen molar-refractivity contribution in [2.45, 2.75) is 20.0 Å². The molecular formula is C17H21FIN3. The van der Waals surface area contributed by atoms with Crippen LogP contribution in [0.25, 0.3) is 0 Å². The smallest absolute Gasteiger partial charge is 0.191 e. The van der Waals surface area contributed by atoms with Gasteiger partial charge in [-0.05, 0) is 30.2 Å². The van der Waals surface area contributed by atoms with Gasteiger partial charge < -0.3 is 10.6 Å². The molecule has 3 nitrogen and oxygen atoms in total. The van der Waals surface area contributed by atoms with Gasteiger partial charge in [-0.15, -0.1) is 24.0 Å². The van der Waals surface area contributed by atoms with Crippen molar-refractivity contribution < 1.29 is 4.39 Å². The third-order valence-electron chi connectivity index (χ3n) is 2.96. The quantitative estimate of drug-likeness (QED) is 0.446. The molecule has 0 saturated carbocycles. The number of nitrogens with one attached hydrogen (secondary N) is 2. The molecule has 2 aromatic carbocycles. The highest BCUT2D eigenvalue weighted by Gasteiger charge is 1.99. The minimum absolute atomic E-state index is 0. The molecule has 0 aliphatic heterocycles. The highest BCUT2D eigenvalue weighted by molar-refractivity contribution is 14.0. The van der Waals surface area contributed by atoms with Crippen LogP contribution in [0.4, 0.5) is 4.39 Å². The summed E-state index contributed by atoms with van der Waals surface area (Å²) in [5, 5.41) is 6.45. The lowest BCUT2D eigenvalue weighted by Gasteiger charge is -2.11. The van der Waals surface area contributed by atoms with Crippen LogP contribution in [0.5, 0.6) is 0 Å². The van der Waals surface area contributed by atoms with Crippen LogP contribution < -0.4 is 10.6 Å². The summed E-state index contributed by atoms with van der Waals surface area (Å²) in [6, 6.07) is 16.6. The van der Waals surface area contributed by atoms with E-state index in [0.717, 1.165) is 18.1 Å². The van der Waals surface area contributed by atoms with E-state index in [1.807, 2.05) is 31.2 Å². The molecule has 0 fully saturated rings. The van der Waals surface area contributed by atoms with Crippen LogP contribution >= 0.6 is 24.0 Å². The lowest BCUT2D eigenvalue weighted by Crippen LogP contribution is -2.36. The number of nitrogens with zero attached hydrogens (tertiary/aromatic N) is 1. The number of hydrogen-bond acceptors (Lipinski definition) is 1. The summed E-state index contributed by atoms with van der Waals surface area (Å²) in [6.45, 7) is 3.95. The molecule has 0 atom stereocenters. The second kappa shape index (κ2) is 10.2. The van der Waals surface area contributed by atoms with E-state index in [1.165, 1.54) is 17.7 Å². The highest BCUT2D eigenvalue weighted by Crippen LogP contribution is 2.04. The van der Waals surface area contributed by atoms with E-state index < -0.39 is 0 Å². The summed E-state index contributed by atoms with van der Waals surface area (Å²) in [5.41, 5.74) is 2.04. The Morgan fingerprint density at radius 2 is 1.73 bits per heavy atom. The first-order chi connectivity index (χ1) is 10.3. The fraction of sp³-hybridized carbons (Fsp3) is 0.235. The summed E-state index contributed by atoms with van der Waals surface area (Å²) >= 11 is 0. The van der Waals surface area contributed by atoms with Crippen LogP contribution in [0, 0.1) is 5.82 Å². The van der Waals surface area contributed by atoms with Gasteiger partial charge in [-0.3, -0.25) is 0 Å². The average Bonchev–Trinajstić information content (AvgIpc) is 2.51. The van der Waals surface area contributed by atoms with Crippen LogP contribution in [0.15, 0.2) is 59.6 Å². The molecule has 0 unspecified atom stereocenters. The molecule has 2 aromatic rings. The predicted octanol–water partition coefficient (Wildman–Crippen LogP) is 3.70. The molecule has 118 valence electrons. The van der Waals surface area contributed by atoms with E-state index in [-0.39, 0.29) is 29.8 Å². The third kappa shape index (κ3) is 6.43. The van der Waals surface area contributed by atoms with E-state index in [9.17, 15) is 4.39 Å². The zero-order valence-corrected chi connectivity index (χ0v) is 14.9. The van der Waals surface area contributed by atoms with Crippen molar-refractivity contribution >= 4 is 29.9 Å². The molecule has 0 amide bonds. The Morgan fingerprint density at radius 3 is 2.41 bits per heavy atom. The van der Waals surface area contributed by atoms with Gasteiger partial charge in [-0.2, -0.15) is 0 Å². The van der Waals surface area contributed by atoms with Gasteiger partial charge in [0.25, 0.3) is 0 Å². The normalized spacial score (nSPS) is 10.7. The summed E-state index contributed by atoms with van der Waals surface area (Å²) in [4.78, 5) is 4.47. The standard InChI is InChI=1S/C17H20FN3.HI/c1-2-19-17(20-12-14-7-4-3-5-8-14)21-13-15-9-6-10-16(18)11-15;/h3-11H,2,12-13H2,1H3,(H2,19,20,21);1H. The topological polar surface area (TPSA) is 36.4 Å². The number of halogens is 2. The minimum atomic E-state index is -0.232. The van der Waals surface area contributed by atoms with Crippen molar-refractivity contribution in [3.8, 4) is 0 Å². The Morgan fingerprint density at radius 1 is 1.00 bits per heavy atom. The average molecular weight is 413 g/mol. The number of guanidine groups is 1. The van der Waals surface area contributed by atoms with Gasteiger partial charge in [0.15, 0.2) is 5.96 Å². The fourth-order valence-electron chi connectivity index (χ4n) is 1.93. The summed E-state index contributed by atoms with van der Waals surface area (Å²) < 4.78 is 13.1. The maximum absolute atomic E-state index is 13.1. The second-order valence-corrected chi connectivity index (χ2v) is 4.66. The van der Waals surface area contributed by atoms with Crippen LogP contribution in [-0.4, -0.2) is 12.5 Å². The number of hydrogen-bond donors (Lipinski definition) is 2. The molecule has 2 rings (SSSR count). The number of benzene rings is 2. The van der Waals surface area contributed by atoms with Gasteiger partial charge in [0.2, 0.25) is 0 Å². The Bertz CT molecular complexity index is 587. The van der Waals surface area contributed by atoms with Crippen LogP contribution in [0.2, 0.25) is 0 Å². The van der Waals surface area contributed by atoms with Gasteiger partial charge in [0.1, 0.15) is 5.82 Å². The van der Waals surface area contributed by atoms with E-state index in [1.54, 1.807) is 6.07 Å². The molecule has 22 heavy (non-hydrogen) atoms. The van der Waals surface area contributed by atoms with Gasteiger partial charge >= 0.3 is 0 Å². The first-order valence-electron chi connectivity index (χ1n) is 7.08. The van der Waals surface area contributed by atoms with E-state index in [2.05, 4.69) is 27.8 Å². The predicted molar refractivity (Wildman–Crippen MR) is 99.9 cm³/mol. The Labute approximate surface area is 148 Å². The minimum Gasteiger partial charge on any atom is -0.357 e. The van der Waals surface area contributed by atoms with Crippen LogP contribution in [-0.2, 0) is 13.1 Å². The van der Waals surface area contributed by atoms with E-state index in [4.69, 9.17) is 0 Å². The van der Waals surface area contributed by atoms with Crippen molar-refractivity contribution in [3.63, 3.8) is 0 Å². The fourth-order valence-corrected chi connectivity index (χ4v) is 1.93. The van der Waals surface area contributed by atoms with E-state index >= 15 is 0 Å². The van der Waals surface area contributed by atoms with Crippen molar-refractivity contribution in [1.29, 1.82) is 0 Å². The van der Waals surface area contributed by atoms with Crippen LogP contribution in [0.1, 0.15) is 18.1 Å². The second-order valence-electron chi connectivity index (χ2n) is 4.66. The number of rotatable bonds is 5. The zero-order valence-electron chi connectivity index (χ0n) is 12.6. The SMILES string of the molecule is CCNC(=NCc1cccc(F)c1)NCc1ccccc1.I. The van der Waals surface area contributed by atoms with Gasteiger partial charge in [0, 0.05) is 13.1 Å². The van der Waals surface area contributed by atoms with Gasteiger partial charge in [-0.1, -0.05) is 42.5 Å². The monoisotopic (exact) mass is 413 g/mol. The summed E-state index contributed by atoms with van der Waals surface area (Å²) in [7, 11) is 0. The molecule has 2 N–H and O–H groups in total. The lowest BCUT2D eigenvalue weighted by atomic mass is 10.2. The zero-order chi connectivity index (χ0) is 14.9. The molecule has 0 bridgehead atoms. The van der Waals surface area contributed by atoms with Crippen molar-refractivity contribution in [2.75, 3.05) is 6.54 Å². The summed E-state index contributed by atoms with van der Waals surface area (Å²) in [6.07, 6.45) is 0. The first kappa shape index (κ1) is 18.4. The molecule has 0 heterocycles. The Balaban J connectivity index is 0.00000242. The summed E-state index contributed by atoms with van der Waals surface area (Å²) in [5.74, 6) is 0.496. The maximum Gasteiger partial charge on any atom is 0.191 e. The Kier molecular flexibility index (Phi) is 8.50. The molecule has 0 aromatic heterocycles. The van der Waals surface area contributed by atoms with Gasteiger partial charge in [-0.25, -0.2) is 9.38 Å². The molecular weight excluding hydrogens is 392 g/mol. The van der Waals surface area contributed by atoms with Crippen molar-refractivity contribution in [1.82, 2.24) is 10.6 Å². The van der Waals surface area contributed by atoms with Gasteiger partial charge in [0.05, 0.1) is 6.54 Å². The molecule has 0 aliphatic carbocycles. The largest absolute Gasteiger partial charge is 0.357 e.